The fraction of sp³-hybridized carbons (Fsp3) is 0.500. The first-order valence-corrected chi connectivity index (χ1v) is 9.56. The predicted molar refractivity (Wildman–Crippen MR) is 88.4 cm³/mol. The summed E-state index contributed by atoms with van der Waals surface area (Å²) in [7, 11) is -8.35. The molecule has 0 aliphatic rings. The molecule has 0 aromatic heterocycles. The molecule has 0 saturated carbocycles. The van der Waals surface area contributed by atoms with Crippen LogP contribution < -0.4 is 15.2 Å². The molecule has 0 spiro atoms. The molecule has 0 radical (unpaired) electrons. The smallest absolute Gasteiger partial charge is 0.329 e. The van der Waals surface area contributed by atoms with Gasteiger partial charge >= 0.3 is 6.18 Å². The Labute approximate surface area is 150 Å². The fourth-order valence-corrected chi connectivity index (χ4v) is 3.96. The topological polar surface area (TPSA) is 118 Å². The van der Waals surface area contributed by atoms with E-state index in [9.17, 15) is 30.0 Å². The van der Waals surface area contributed by atoms with Crippen LogP contribution in [0.25, 0.3) is 0 Å². The van der Waals surface area contributed by atoms with Crippen molar-refractivity contribution >= 4 is 32.5 Å². The second kappa shape index (κ2) is 8.18. The zero-order valence-electron chi connectivity index (χ0n) is 13.3. The third-order valence-electron chi connectivity index (χ3n) is 2.83. The molecule has 0 aliphatic carbocycles. The minimum Gasteiger partial charge on any atom is -0.329 e. The van der Waals surface area contributed by atoms with E-state index in [1.165, 1.54) is 4.72 Å². The Balaban J connectivity index is 0.00000576. The van der Waals surface area contributed by atoms with E-state index in [1.807, 2.05) is 0 Å². The van der Waals surface area contributed by atoms with Crippen LogP contribution in [0.15, 0.2) is 34.1 Å². The highest BCUT2D eigenvalue weighted by Crippen LogP contribution is 2.18. The normalized spacial score (nSPS) is 13.4. The zero-order valence-corrected chi connectivity index (χ0v) is 15.7. The van der Waals surface area contributed by atoms with Crippen molar-refractivity contribution in [3.05, 3.63) is 24.3 Å². The van der Waals surface area contributed by atoms with Crippen LogP contribution in [0.2, 0.25) is 0 Å². The van der Waals surface area contributed by atoms with Gasteiger partial charge in [0.2, 0.25) is 20.0 Å². The van der Waals surface area contributed by atoms with Gasteiger partial charge in [0.15, 0.2) is 0 Å². The van der Waals surface area contributed by atoms with Crippen LogP contribution >= 0.6 is 12.4 Å². The van der Waals surface area contributed by atoms with E-state index < -0.39 is 43.2 Å². The molecule has 25 heavy (non-hydrogen) atoms. The Morgan fingerprint density at radius 1 is 0.960 bits per heavy atom. The number of nitrogens with two attached hydrogens (primary N) is 1. The minimum absolute atomic E-state index is 0. The molecule has 4 N–H and O–H groups in total. The van der Waals surface area contributed by atoms with Crippen LogP contribution in [0, 0.1) is 0 Å². The first-order chi connectivity index (χ1) is 10.7. The highest BCUT2D eigenvalue weighted by Gasteiger charge is 2.30. The van der Waals surface area contributed by atoms with Gasteiger partial charge in [-0.25, -0.2) is 26.3 Å². The van der Waals surface area contributed by atoms with Gasteiger partial charge in [-0.2, -0.15) is 13.2 Å². The molecular formula is C12H19ClF3N3O4S2. The number of nitrogens with one attached hydrogen (secondary N) is 2. The van der Waals surface area contributed by atoms with Gasteiger partial charge in [0.1, 0.15) is 6.54 Å². The van der Waals surface area contributed by atoms with Crippen molar-refractivity contribution in [1.82, 2.24) is 9.44 Å². The van der Waals surface area contributed by atoms with Gasteiger partial charge in [0, 0.05) is 12.1 Å². The van der Waals surface area contributed by atoms with Crippen molar-refractivity contribution in [2.24, 2.45) is 5.73 Å². The quantitative estimate of drug-likeness (QED) is 0.601. The van der Waals surface area contributed by atoms with E-state index in [2.05, 4.69) is 4.72 Å². The van der Waals surface area contributed by atoms with E-state index in [0.29, 0.717) is 0 Å². The lowest BCUT2D eigenvalue weighted by Gasteiger charge is -2.23. The van der Waals surface area contributed by atoms with Crippen molar-refractivity contribution < 1.29 is 30.0 Å². The number of hydrogen-bond donors (Lipinski definition) is 3. The molecule has 0 saturated heterocycles. The Kier molecular flexibility index (Phi) is 7.88. The summed E-state index contributed by atoms with van der Waals surface area (Å²) in [5.41, 5.74) is 4.52. The lowest BCUT2D eigenvalue weighted by Crippen LogP contribution is -2.48. The molecule has 146 valence electrons. The molecule has 7 nitrogen and oxygen atoms in total. The van der Waals surface area contributed by atoms with Crippen molar-refractivity contribution in [1.29, 1.82) is 0 Å². The largest absolute Gasteiger partial charge is 0.402 e. The SMILES string of the molecule is CC(C)(CN)NS(=O)(=O)c1ccc(S(=O)(=O)NCC(F)(F)F)cc1.Cl. The number of hydrogen-bond acceptors (Lipinski definition) is 5. The summed E-state index contributed by atoms with van der Waals surface area (Å²) >= 11 is 0. The first-order valence-electron chi connectivity index (χ1n) is 6.59. The summed E-state index contributed by atoms with van der Waals surface area (Å²) in [6.07, 6.45) is -4.70. The van der Waals surface area contributed by atoms with Crippen molar-refractivity contribution in [2.45, 2.75) is 35.4 Å². The molecule has 0 bridgehead atoms. The highest BCUT2D eigenvalue weighted by molar-refractivity contribution is 7.90. The maximum absolute atomic E-state index is 12.1. The van der Waals surface area contributed by atoms with Gasteiger partial charge in [-0.15, -0.1) is 12.4 Å². The second-order valence-electron chi connectivity index (χ2n) is 5.60. The lowest BCUT2D eigenvalue weighted by molar-refractivity contribution is -0.121. The molecule has 0 fully saturated rings. The van der Waals surface area contributed by atoms with Crippen LogP contribution in [-0.4, -0.2) is 41.6 Å². The minimum atomic E-state index is -4.70. The van der Waals surface area contributed by atoms with Crippen LogP contribution in [0.4, 0.5) is 13.2 Å². The van der Waals surface area contributed by atoms with Crippen molar-refractivity contribution in [3.63, 3.8) is 0 Å². The molecule has 1 aromatic carbocycles. The van der Waals surface area contributed by atoms with E-state index in [1.54, 1.807) is 13.8 Å². The average Bonchev–Trinajstić information content (AvgIpc) is 2.44. The van der Waals surface area contributed by atoms with E-state index in [4.69, 9.17) is 5.73 Å². The van der Waals surface area contributed by atoms with Gasteiger partial charge in [0.25, 0.3) is 0 Å². The summed E-state index contributed by atoms with van der Waals surface area (Å²) in [5.74, 6) is 0. The van der Waals surface area contributed by atoms with Crippen LogP contribution in [0.5, 0.6) is 0 Å². The molecule has 1 aromatic rings. The molecule has 13 heteroatoms. The molecule has 0 aliphatic heterocycles. The summed E-state index contributed by atoms with van der Waals surface area (Å²) in [6, 6.07) is 3.78. The highest BCUT2D eigenvalue weighted by atomic mass is 35.5. The Morgan fingerprint density at radius 3 is 1.72 bits per heavy atom. The molecule has 0 atom stereocenters. The van der Waals surface area contributed by atoms with Crippen molar-refractivity contribution in [2.75, 3.05) is 13.1 Å². The summed E-state index contributed by atoms with van der Waals surface area (Å²) < 4.78 is 87.7. The maximum Gasteiger partial charge on any atom is 0.402 e. The zero-order chi connectivity index (χ0) is 18.8. The Bertz CT molecular complexity index is 779. The van der Waals surface area contributed by atoms with E-state index >= 15 is 0 Å². The lowest BCUT2D eigenvalue weighted by atomic mass is 10.1. The van der Waals surface area contributed by atoms with Crippen LogP contribution in [0.3, 0.4) is 0 Å². The van der Waals surface area contributed by atoms with E-state index in [-0.39, 0.29) is 23.8 Å². The maximum atomic E-state index is 12.1. The number of sulfonamides is 2. The first kappa shape index (κ1) is 24.1. The molecule has 0 heterocycles. The van der Waals surface area contributed by atoms with Gasteiger partial charge < -0.3 is 5.73 Å². The monoisotopic (exact) mass is 425 g/mol. The van der Waals surface area contributed by atoms with Gasteiger partial charge in [-0.3, -0.25) is 0 Å². The predicted octanol–water partition coefficient (Wildman–Crippen LogP) is 0.965. The number of halogens is 4. The molecule has 0 amide bonds. The molecule has 0 unspecified atom stereocenters. The number of alkyl halides is 3. The Morgan fingerprint density at radius 2 is 1.36 bits per heavy atom. The summed E-state index contributed by atoms with van der Waals surface area (Å²) in [5, 5.41) is 0. The van der Waals surface area contributed by atoms with Crippen LogP contribution in [0.1, 0.15) is 13.8 Å². The second-order valence-corrected chi connectivity index (χ2v) is 9.05. The number of benzene rings is 1. The van der Waals surface area contributed by atoms with Gasteiger partial charge in [-0.05, 0) is 38.1 Å². The standard InChI is InChI=1S/C12H18F3N3O4S2.ClH/c1-11(2,7-16)18-24(21,22)10-5-3-9(4-6-10)23(19,20)17-8-12(13,14)15;/h3-6,17-18H,7-8,16H2,1-2H3;1H. The third-order valence-corrected chi connectivity index (χ3v) is 5.96. The van der Waals surface area contributed by atoms with Gasteiger partial charge in [0.05, 0.1) is 9.79 Å². The Hall–Kier alpha value is -0.920. The molecule has 1 rings (SSSR count). The summed E-state index contributed by atoms with van der Waals surface area (Å²) in [4.78, 5) is -0.720. The van der Waals surface area contributed by atoms with Gasteiger partial charge in [-0.1, -0.05) is 0 Å². The third kappa shape index (κ3) is 7.46. The summed E-state index contributed by atoms with van der Waals surface area (Å²) in [6.45, 7) is 1.43. The molecular weight excluding hydrogens is 407 g/mol. The fourth-order valence-electron chi connectivity index (χ4n) is 1.52. The van der Waals surface area contributed by atoms with Crippen molar-refractivity contribution in [3.8, 4) is 0 Å². The van der Waals surface area contributed by atoms with E-state index in [0.717, 1.165) is 24.3 Å². The average molecular weight is 426 g/mol. The number of rotatable bonds is 7. The van der Waals surface area contributed by atoms with Crippen LogP contribution in [-0.2, 0) is 20.0 Å².